The molecule has 2 rings (SSSR count). The highest BCUT2D eigenvalue weighted by molar-refractivity contribution is 6.18. The number of carbonyl (C=O) groups is 2. The third-order valence-corrected chi connectivity index (χ3v) is 3.88. The number of imide groups is 1. The van der Waals surface area contributed by atoms with Gasteiger partial charge in [-0.05, 0) is 24.6 Å². The molecule has 3 amide bonds. The topological polar surface area (TPSA) is 61.4 Å². The van der Waals surface area contributed by atoms with E-state index in [4.69, 9.17) is 23.2 Å². The van der Waals surface area contributed by atoms with Gasteiger partial charge in [-0.3, -0.25) is 10.1 Å². The molecule has 0 radical (unpaired) electrons. The van der Waals surface area contributed by atoms with E-state index >= 15 is 0 Å². The number of nitrogens with one attached hydrogen (secondary N) is 2. The monoisotopic (exact) mass is 329 g/mol. The lowest BCUT2D eigenvalue weighted by atomic mass is 9.92. The van der Waals surface area contributed by atoms with E-state index < -0.39 is 11.6 Å². The summed E-state index contributed by atoms with van der Waals surface area (Å²) in [7, 11) is 0. The fourth-order valence-corrected chi connectivity index (χ4v) is 2.74. The average Bonchev–Trinajstić information content (AvgIpc) is 2.73. The highest BCUT2D eigenvalue weighted by Crippen LogP contribution is 2.27. The number of rotatable bonds is 6. The molecule has 1 saturated heterocycles. The maximum atomic E-state index is 12.0. The van der Waals surface area contributed by atoms with Crippen LogP contribution in [-0.4, -0.2) is 36.8 Å². The van der Waals surface area contributed by atoms with Crippen molar-refractivity contribution >= 4 is 40.8 Å². The number of alkyl halides is 2. The Morgan fingerprint density at radius 3 is 2.38 bits per heavy atom. The molecule has 0 aliphatic carbocycles. The van der Waals surface area contributed by atoms with Gasteiger partial charge in [0.1, 0.15) is 5.54 Å². The van der Waals surface area contributed by atoms with Gasteiger partial charge in [0.15, 0.2) is 0 Å². The van der Waals surface area contributed by atoms with Crippen molar-refractivity contribution in [3.05, 3.63) is 29.8 Å². The van der Waals surface area contributed by atoms with Crippen LogP contribution in [-0.2, 0) is 10.3 Å². The molecule has 7 heteroatoms. The van der Waals surface area contributed by atoms with Crippen molar-refractivity contribution in [3.63, 3.8) is 0 Å². The number of nitrogens with zero attached hydrogens (tertiary/aromatic N) is 1. The second-order valence-electron chi connectivity index (χ2n) is 4.95. The van der Waals surface area contributed by atoms with Gasteiger partial charge in [0.05, 0.1) is 0 Å². The third kappa shape index (κ3) is 3.24. The Hall–Kier alpha value is -1.46. The number of hydrogen-bond acceptors (Lipinski definition) is 3. The van der Waals surface area contributed by atoms with Crippen LogP contribution in [0.5, 0.6) is 0 Å². The number of halogens is 2. The maximum absolute atomic E-state index is 12.0. The lowest BCUT2D eigenvalue weighted by molar-refractivity contribution is -0.123. The number of anilines is 1. The van der Waals surface area contributed by atoms with Crippen LogP contribution in [0.3, 0.4) is 0 Å². The molecule has 1 aromatic carbocycles. The van der Waals surface area contributed by atoms with E-state index in [1.165, 1.54) is 0 Å². The van der Waals surface area contributed by atoms with Gasteiger partial charge < -0.3 is 10.2 Å². The first-order chi connectivity index (χ1) is 10.0. The van der Waals surface area contributed by atoms with Gasteiger partial charge in [0, 0.05) is 30.5 Å². The zero-order chi connectivity index (χ0) is 15.5. The first-order valence-electron chi connectivity index (χ1n) is 6.62. The highest BCUT2D eigenvalue weighted by atomic mass is 35.5. The molecule has 0 unspecified atom stereocenters. The van der Waals surface area contributed by atoms with Crippen molar-refractivity contribution < 1.29 is 9.59 Å². The summed E-state index contributed by atoms with van der Waals surface area (Å²) in [4.78, 5) is 25.4. The van der Waals surface area contributed by atoms with E-state index in [9.17, 15) is 9.59 Å². The molecule has 1 aliphatic rings. The molecular weight excluding hydrogens is 313 g/mol. The molecule has 0 aromatic heterocycles. The molecule has 1 atom stereocenters. The van der Waals surface area contributed by atoms with Crippen molar-refractivity contribution in [2.75, 3.05) is 29.7 Å². The molecule has 1 aromatic rings. The molecule has 1 fully saturated rings. The zero-order valence-corrected chi connectivity index (χ0v) is 13.2. The normalized spacial score (nSPS) is 21.1. The minimum atomic E-state index is -1.05. The van der Waals surface area contributed by atoms with Crippen LogP contribution < -0.4 is 15.5 Å². The van der Waals surface area contributed by atoms with E-state index in [0.29, 0.717) is 24.8 Å². The van der Waals surface area contributed by atoms with E-state index in [0.717, 1.165) is 11.3 Å². The van der Waals surface area contributed by atoms with Crippen LogP contribution in [0, 0.1) is 0 Å². The highest BCUT2D eigenvalue weighted by Gasteiger charge is 2.43. The van der Waals surface area contributed by atoms with Crippen LogP contribution in [0.2, 0.25) is 0 Å². The van der Waals surface area contributed by atoms with Gasteiger partial charge in [0.2, 0.25) is 0 Å². The Balaban J connectivity index is 2.32. The summed E-state index contributed by atoms with van der Waals surface area (Å²) >= 11 is 11.6. The summed E-state index contributed by atoms with van der Waals surface area (Å²) in [5.41, 5.74) is 0.585. The third-order valence-electron chi connectivity index (χ3n) is 3.54. The van der Waals surface area contributed by atoms with Gasteiger partial charge in [-0.1, -0.05) is 12.1 Å². The van der Waals surface area contributed by atoms with E-state index in [1.54, 1.807) is 6.92 Å². The maximum Gasteiger partial charge on any atom is 0.322 e. The first kappa shape index (κ1) is 15.9. The Morgan fingerprint density at radius 1 is 1.19 bits per heavy atom. The van der Waals surface area contributed by atoms with Crippen LogP contribution in [0.1, 0.15) is 12.5 Å². The predicted molar refractivity (Wildman–Crippen MR) is 84.1 cm³/mol. The number of carbonyl (C=O) groups excluding carboxylic acids is 2. The van der Waals surface area contributed by atoms with Crippen molar-refractivity contribution in [2.45, 2.75) is 12.5 Å². The summed E-state index contributed by atoms with van der Waals surface area (Å²) in [6.45, 7) is 3.00. The average molecular weight is 330 g/mol. The zero-order valence-electron chi connectivity index (χ0n) is 11.7. The molecule has 0 saturated carbocycles. The standard InChI is InChI=1S/C14H17Cl2N3O2/c1-14(12(20)17-13(21)18-14)10-3-2-4-11(9-10)19(7-5-15)8-6-16/h2-4,9H,5-8H2,1H3,(H2,17,18,20,21)/t14-/m0/s1. The lowest BCUT2D eigenvalue weighted by Crippen LogP contribution is -2.40. The lowest BCUT2D eigenvalue weighted by Gasteiger charge is -2.26. The summed E-state index contributed by atoms with van der Waals surface area (Å²) < 4.78 is 0. The van der Waals surface area contributed by atoms with E-state index in [2.05, 4.69) is 10.6 Å². The fraction of sp³-hybridized carbons (Fsp3) is 0.429. The molecule has 2 N–H and O–H groups in total. The van der Waals surface area contributed by atoms with Gasteiger partial charge >= 0.3 is 6.03 Å². The molecule has 5 nitrogen and oxygen atoms in total. The number of benzene rings is 1. The van der Waals surface area contributed by atoms with Gasteiger partial charge in [0.25, 0.3) is 5.91 Å². The van der Waals surface area contributed by atoms with Gasteiger partial charge in [-0.2, -0.15) is 0 Å². The Labute approximate surface area is 133 Å². The van der Waals surface area contributed by atoms with Gasteiger partial charge in [-0.25, -0.2) is 4.79 Å². The molecule has 0 bridgehead atoms. The Kier molecular flexibility index (Phi) is 4.96. The SMILES string of the molecule is C[C@@]1(c2cccc(N(CCCl)CCCl)c2)NC(=O)NC1=O. The molecule has 21 heavy (non-hydrogen) atoms. The quantitative estimate of drug-likeness (QED) is 0.620. The second kappa shape index (κ2) is 6.54. The summed E-state index contributed by atoms with van der Waals surface area (Å²) in [5.74, 6) is 0.608. The summed E-state index contributed by atoms with van der Waals surface area (Å²) in [5, 5.41) is 4.92. The molecule has 114 valence electrons. The first-order valence-corrected chi connectivity index (χ1v) is 7.69. The van der Waals surface area contributed by atoms with E-state index in [1.807, 2.05) is 29.2 Å². The van der Waals surface area contributed by atoms with Crippen LogP contribution in [0.4, 0.5) is 10.5 Å². The number of urea groups is 1. The van der Waals surface area contributed by atoms with Crippen LogP contribution >= 0.6 is 23.2 Å². The second-order valence-corrected chi connectivity index (χ2v) is 5.70. The van der Waals surface area contributed by atoms with Crippen LogP contribution in [0.25, 0.3) is 0 Å². The summed E-state index contributed by atoms with van der Waals surface area (Å²) in [6.07, 6.45) is 0. The molecular formula is C14H17Cl2N3O2. The minimum absolute atomic E-state index is 0.356. The summed E-state index contributed by atoms with van der Waals surface area (Å²) in [6, 6.07) is 6.99. The Bertz CT molecular complexity index is 547. The number of amides is 3. The Morgan fingerprint density at radius 2 is 1.86 bits per heavy atom. The van der Waals surface area contributed by atoms with Gasteiger partial charge in [-0.15, -0.1) is 23.2 Å². The smallest absolute Gasteiger partial charge is 0.322 e. The van der Waals surface area contributed by atoms with Crippen molar-refractivity contribution in [3.8, 4) is 0 Å². The minimum Gasteiger partial charge on any atom is -0.369 e. The van der Waals surface area contributed by atoms with Crippen molar-refractivity contribution in [2.24, 2.45) is 0 Å². The fourth-order valence-electron chi connectivity index (χ4n) is 2.33. The van der Waals surface area contributed by atoms with E-state index in [-0.39, 0.29) is 5.91 Å². The van der Waals surface area contributed by atoms with Crippen molar-refractivity contribution in [1.82, 2.24) is 10.6 Å². The molecule has 0 spiro atoms. The molecule has 1 heterocycles. The van der Waals surface area contributed by atoms with Crippen LogP contribution in [0.15, 0.2) is 24.3 Å². The predicted octanol–water partition coefficient (Wildman–Crippen LogP) is 2.03. The molecule has 1 aliphatic heterocycles. The number of hydrogen-bond donors (Lipinski definition) is 2. The van der Waals surface area contributed by atoms with Crippen molar-refractivity contribution in [1.29, 1.82) is 0 Å². The largest absolute Gasteiger partial charge is 0.369 e.